The van der Waals surface area contributed by atoms with Gasteiger partial charge in [-0.1, -0.05) is 13.8 Å². The highest BCUT2D eigenvalue weighted by atomic mass is 19.3. The van der Waals surface area contributed by atoms with Gasteiger partial charge in [0.05, 0.1) is 0 Å². The largest absolute Gasteiger partial charge is 0.349 e. The zero-order chi connectivity index (χ0) is 10.5. The van der Waals surface area contributed by atoms with E-state index in [1.807, 2.05) is 13.8 Å². The fraction of sp³-hybridized carbons (Fsp3) is 0.875. The van der Waals surface area contributed by atoms with Crippen LogP contribution >= 0.6 is 0 Å². The van der Waals surface area contributed by atoms with Crippen LogP contribution in [0.3, 0.4) is 0 Å². The van der Waals surface area contributed by atoms with Crippen molar-refractivity contribution in [3.05, 3.63) is 0 Å². The van der Waals surface area contributed by atoms with Crippen molar-refractivity contribution >= 4 is 5.91 Å². The number of alkyl halides is 2. The lowest BCUT2D eigenvalue weighted by Crippen LogP contribution is -2.50. The number of halogens is 2. The molecule has 0 unspecified atom stereocenters. The molecule has 0 radical (unpaired) electrons. The number of amides is 1. The van der Waals surface area contributed by atoms with Crippen LogP contribution in [0.25, 0.3) is 0 Å². The zero-order valence-electron chi connectivity index (χ0n) is 7.94. The number of nitrogens with one attached hydrogen (secondary N) is 1. The minimum atomic E-state index is -2.96. The van der Waals surface area contributed by atoms with Gasteiger partial charge in [-0.3, -0.25) is 4.79 Å². The van der Waals surface area contributed by atoms with Crippen molar-refractivity contribution in [3.8, 4) is 0 Å². The number of carbonyl (C=O) groups excluding carboxylic acids is 1. The molecule has 0 rings (SSSR count). The van der Waals surface area contributed by atoms with Crippen LogP contribution in [0, 0.1) is 0 Å². The van der Waals surface area contributed by atoms with Crippen molar-refractivity contribution < 1.29 is 13.6 Å². The molecule has 0 fully saturated rings. The number of carbonyl (C=O) groups is 1. The van der Waals surface area contributed by atoms with Crippen molar-refractivity contribution in [1.82, 2.24) is 5.32 Å². The predicted molar refractivity (Wildman–Crippen MR) is 46.5 cm³/mol. The fourth-order valence-electron chi connectivity index (χ4n) is 0.840. The van der Waals surface area contributed by atoms with Gasteiger partial charge in [0.25, 0.3) is 5.91 Å². The van der Waals surface area contributed by atoms with Gasteiger partial charge in [0, 0.05) is 12.1 Å². The highest BCUT2D eigenvalue weighted by molar-refractivity contribution is 5.79. The summed E-state index contributed by atoms with van der Waals surface area (Å²) in [5.74, 6) is -1.25. The molecular formula is C8H16F2N2O. The van der Waals surface area contributed by atoms with Crippen LogP contribution in [-0.2, 0) is 4.79 Å². The van der Waals surface area contributed by atoms with Crippen molar-refractivity contribution in [2.24, 2.45) is 5.73 Å². The van der Waals surface area contributed by atoms with Gasteiger partial charge >= 0.3 is 6.43 Å². The van der Waals surface area contributed by atoms with Gasteiger partial charge in [0.2, 0.25) is 0 Å². The minimum absolute atomic E-state index is 0.100. The molecule has 3 nitrogen and oxygen atoms in total. The predicted octanol–water partition coefficient (Wildman–Crippen LogP) is 0.885. The molecule has 0 aliphatic rings. The first-order valence-electron chi connectivity index (χ1n) is 4.30. The summed E-state index contributed by atoms with van der Waals surface area (Å²) in [6.07, 6.45) is -1.67. The molecular weight excluding hydrogens is 178 g/mol. The van der Waals surface area contributed by atoms with E-state index in [9.17, 15) is 13.6 Å². The molecule has 13 heavy (non-hydrogen) atoms. The molecule has 0 aromatic heterocycles. The van der Waals surface area contributed by atoms with Crippen LogP contribution in [-0.4, -0.2) is 24.4 Å². The normalized spacial score (nSPS) is 11.8. The third kappa shape index (κ3) is 4.17. The second kappa shape index (κ2) is 5.11. The third-order valence-electron chi connectivity index (χ3n) is 2.22. The monoisotopic (exact) mass is 194 g/mol. The van der Waals surface area contributed by atoms with E-state index in [0.29, 0.717) is 12.8 Å². The maximum absolute atomic E-state index is 11.8. The van der Waals surface area contributed by atoms with E-state index < -0.39 is 17.9 Å². The molecule has 0 heterocycles. The lowest BCUT2D eigenvalue weighted by Gasteiger charge is -2.26. The first kappa shape index (κ1) is 12.3. The first-order chi connectivity index (χ1) is 5.95. The molecule has 0 saturated heterocycles. The highest BCUT2D eigenvalue weighted by Crippen LogP contribution is 2.09. The van der Waals surface area contributed by atoms with Crippen LogP contribution in [0.2, 0.25) is 0 Å². The molecule has 0 atom stereocenters. The molecule has 3 N–H and O–H groups in total. The maximum atomic E-state index is 11.8. The van der Waals surface area contributed by atoms with Crippen molar-refractivity contribution in [3.63, 3.8) is 0 Å². The Morgan fingerprint density at radius 3 is 2.23 bits per heavy atom. The summed E-state index contributed by atoms with van der Waals surface area (Å²) < 4.78 is 23.5. The van der Waals surface area contributed by atoms with Gasteiger partial charge in [0.15, 0.2) is 0 Å². The number of rotatable bonds is 5. The smallest absolute Gasteiger partial charge is 0.315 e. The molecule has 0 aromatic carbocycles. The summed E-state index contributed by atoms with van der Waals surface area (Å²) in [6, 6.07) is 0. The van der Waals surface area contributed by atoms with Gasteiger partial charge in [-0.25, -0.2) is 0 Å². The molecule has 5 heteroatoms. The van der Waals surface area contributed by atoms with Crippen LogP contribution in [0.5, 0.6) is 0 Å². The third-order valence-corrected chi connectivity index (χ3v) is 2.22. The number of nitrogens with two attached hydrogens (primary N) is 1. The SMILES string of the molecule is CCC(N)(CC)CNC(=O)C(F)F. The van der Waals surface area contributed by atoms with E-state index in [1.54, 1.807) is 0 Å². The zero-order valence-corrected chi connectivity index (χ0v) is 7.94. The maximum Gasteiger partial charge on any atom is 0.315 e. The lowest BCUT2D eigenvalue weighted by molar-refractivity contribution is -0.132. The summed E-state index contributed by atoms with van der Waals surface area (Å²) in [7, 11) is 0. The van der Waals surface area contributed by atoms with Crippen LogP contribution in [0.15, 0.2) is 0 Å². The number of hydrogen-bond donors (Lipinski definition) is 2. The standard InChI is InChI=1S/C8H16F2N2O/c1-3-8(11,4-2)5-12-7(13)6(9)10/h6H,3-5,11H2,1-2H3,(H,12,13). The van der Waals surface area contributed by atoms with Gasteiger partial charge in [-0.2, -0.15) is 8.78 Å². The van der Waals surface area contributed by atoms with Crippen molar-refractivity contribution in [2.75, 3.05) is 6.54 Å². The second-order valence-electron chi connectivity index (χ2n) is 3.09. The summed E-state index contributed by atoms with van der Waals surface area (Å²) in [5.41, 5.74) is 5.22. The topological polar surface area (TPSA) is 55.1 Å². The van der Waals surface area contributed by atoms with Gasteiger partial charge in [-0.05, 0) is 12.8 Å². The molecule has 0 bridgehead atoms. The van der Waals surface area contributed by atoms with E-state index in [0.717, 1.165) is 0 Å². The average molecular weight is 194 g/mol. The van der Waals surface area contributed by atoms with Crippen molar-refractivity contribution in [1.29, 1.82) is 0 Å². The summed E-state index contributed by atoms with van der Waals surface area (Å²) >= 11 is 0. The Morgan fingerprint density at radius 1 is 1.46 bits per heavy atom. The molecule has 0 aliphatic heterocycles. The van der Waals surface area contributed by atoms with Gasteiger partial charge < -0.3 is 11.1 Å². The van der Waals surface area contributed by atoms with E-state index in [1.165, 1.54) is 0 Å². The Hall–Kier alpha value is -0.710. The first-order valence-corrected chi connectivity index (χ1v) is 4.30. The summed E-state index contributed by atoms with van der Waals surface area (Å²) in [5, 5.41) is 2.11. The average Bonchev–Trinajstić information content (AvgIpc) is 2.13. The molecule has 78 valence electrons. The molecule has 0 aliphatic carbocycles. The molecule has 1 amide bonds. The van der Waals surface area contributed by atoms with E-state index >= 15 is 0 Å². The second-order valence-corrected chi connectivity index (χ2v) is 3.09. The van der Waals surface area contributed by atoms with E-state index in [2.05, 4.69) is 5.32 Å². The highest BCUT2D eigenvalue weighted by Gasteiger charge is 2.23. The van der Waals surface area contributed by atoms with Crippen LogP contribution in [0.1, 0.15) is 26.7 Å². The molecule has 0 saturated carbocycles. The van der Waals surface area contributed by atoms with E-state index in [4.69, 9.17) is 5.73 Å². The minimum Gasteiger partial charge on any atom is -0.349 e. The van der Waals surface area contributed by atoms with E-state index in [-0.39, 0.29) is 6.54 Å². The Kier molecular flexibility index (Phi) is 4.83. The molecule has 0 aromatic rings. The number of hydrogen-bond acceptors (Lipinski definition) is 2. The Labute approximate surface area is 76.7 Å². The Bertz CT molecular complexity index is 170. The quantitative estimate of drug-likeness (QED) is 0.682. The molecule has 0 spiro atoms. The summed E-state index contributed by atoms with van der Waals surface area (Å²) in [4.78, 5) is 10.5. The lowest BCUT2D eigenvalue weighted by atomic mass is 9.94. The fourth-order valence-corrected chi connectivity index (χ4v) is 0.840. The van der Waals surface area contributed by atoms with Crippen LogP contribution < -0.4 is 11.1 Å². The van der Waals surface area contributed by atoms with Gasteiger partial charge in [0.1, 0.15) is 0 Å². The summed E-state index contributed by atoms with van der Waals surface area (Å²) in [6.45, 7) is 3.82. The Balaban J connectivity index is 3.92. The van der Waals surface area contributed by atoms with Gasteiger partial charge in [-0.15, -0.1) is 0 Å². The van der Waals surface area contributed by atoms with Crippen molar-refractivity contribution in [2.45, 2.75) is 38.7 Å². The Morgan fingerprint density at radius 2 is 1.92 bits per heavy atom. The van der Waals surface area contributed by atoms with Crippen LogP contribution in [0.4, 0.5) is 8.78 Å².